The van der Waals surface area contributed by atoms with Gasteiger partial charge in [-0.15, -0.1) is 0 Å². The van der Waals surface area contributed by atoms with E-state index in [9.17, 15) is 8.42 Å². The van der Waals surface area contributed by atoms with Crippen molar-refractivity contribution in [1.82, 2.24) is 19.3 Å². The van der Waals surface area contributed by atoms with E-state index >= 15 is 0 Å². The summed E-state index contributed by atoms with van der Waals surface area (Å²) in [4.78, 5) is 10.8. The number of sulfone groups is 1. The third-order valence-electron chi connectivity index (χ3n) is 8.44. The molecular formula is C29H36N4O2S. The second-order valence-electron chi connectivity index (χ2n) is 11.1. The normalized spacial score (nSPS) is 20.1. The van der Waals surface area contributed by atoms with Gasteiger partial charge in [-0.2, -0.15) is 0 Å². The third-order valence-corrected chi connectivity index (χ3v) is 10.2. The van der Waals surface area contributed by atoms with Crippen LogP contribution in [0.3, 0.4) is 0 Å². The number of pyridine rings is 1. The van der Waals surface area contributed by atoms with Crippen LogP contribution in [0, 0.1) is 6.92 Å². The van der Waals surface area contributed by atoms with E-state index in [1.807, 2.05) is 12.4 Å². The van der Waals surface area contributed by atoms with Crippen LogP contribution in [0.15, 0.2) is 42.9 Å². The topological polar surface area (TPSA) is 70.5 Å². The second-order valence-corrected chi connectivity index (χ2v) is 13.4. The number of likely N-dealkylation sites (tertiary alicyclic amines) is 1. The predicted octanol–water partition coefficient (Wildman–Crippen LogP) is 5.67. The first-order valence-corrected chi connectivity index (χ1v) is 15.1. The molecule has 2 fully saturated rings. The molecule has 6 nitrogen and oxygen atoms in total. The number of imidazole rings is 1. The van der Waals surface area contributed by atoms with Gasteiger partial charge in [-0.1, -0.05) is 19.9 Å². The zero-order valence-electron chi connectivity index (χ0n) is 21.5. The molecule has 0 saturated carbocycles. The van der Waals surface area contributed by atoms with Crippen molar-refractivity contribution in [2.45, 2.75) is 64.3 Å². The van der Waals surface area contributed by atoms with E-state index in [2.05, 4.69) is 70.5 Å². The highest BCUT2D eigenvalue weighted by Crippen LogP contribution is 2.39. The van der Waals surface area contributed by atoms with Crippen molar-refractivity contribution >= 4 is 26.4 Å². The summed E-state index contributed by atoms with van der Waals surface area (Å²) in [6.45, 7) is 8.81. The van der Waals surface area contributed by atoms with Crippen molar-refractivity contribution in [3.63, 3.8) is 0 Å². The summed E-state index contributed by atoms with van der Waals surface area (Å²) >= 11 is 0. The number of nitrogens with zero attached hydrogens (tertiary/aromatic N) is 3. The number of piperidine rings is 1. The number of aryl methyl sites for hydroxylation is 1. The van der Waals surface area contributed by atoms with Gasteiger partial charge in [0.15, 0.2) is 0 Å². The molecule has 0 unspecified atom stereocenters. The quantitative estimate of drug-likeness (QED) is 0.389. The molecule has 0 atom stereocenters. The molecule has 0 spiro atoms. The summed E-state index contributed by atoms with van der Waals surface area (Å²) in [5, 5.41) is 1.33. The monoisotopic (exact) mass is 504 g/mol. The Morgan fingerprint density at radius 1 is 1.06 bits per heavy atom. The number of nitrogens with one attached hydrogen (secondary N) is 1. The number of fused-ring (bicyclic) bond motifs is 2. The van der Waals surface area contributed by atoms with Crippen LogP contribution in [0.1, 0.15) is 68.1 Å². The number of H-pyrrole nitrogens is 1. The second kappa shape index (κ2) is 9.03. The van der Waals surface area contributed by atoms with Crippen LogP contribution in [-0.2, 0) is 9.84 Å². The van der Waals surface area contributed by atoms with Crippen LogP contribution < -0.4 is 0 Å². The maximum atomic E-state index is 11.8. The van der Waals surface area contributed by atoms with Gasteiger partial charge in [-0.05, 0) is 92.4 Å². The van der Waals surface area contributed by atoms with E-state index in [0.717, 1.165) is 44.4 Å². The summed E-state index contributed by atoms with van der Waals surface area (Å²) < 4.78 is 25.8. The van der Waals surface area contributed by atoms with Gasteiger partial charge in [0.1, 0.15) is 15.5 Å². The van der Waals surface area contributed by atoms with Crippen molar-refractivity contribution < 1.29 is 8.42 Å². The minimum atomic E-state index is -2.80. The van der Waals surface area contributed by atoms with Gasteiger partial charge < -0.3 is 14.3 Å². The van der Waals surface area contributed by atoms with Crippen LogP contribution in [0.2, 0.25) is 0 Å². The maximum absolute atomic E-state index is 11.8. The van der Waals surface area contributed by atoms with Crippen molar-refractivity contribution in [3.05, 3.63) is 59.5 Å². The summed E-state index contributed by atoms with van der Waals surface area (Å²) in [5.74, 6) is 1.66. The molecule has 3 aromatic heterocycles. The van der Waals surface area contributed by atoms with Gasteiger partial charge in [0.05, 0.1) is 17.2 Å². The Kier molecular flexibility index (Phi) is 5.96. The van der Waals surface area contributed by atoms with Gasteiger partial charge in [0, 0.05) is 41.1 Å². The zero-order chi connectivity index (χ0) is 25.0. The number of rotatable bonds is 4. The van der Waals surface area contributed by atoms with Crippen LogP contribution in [0.4, 0.5) is 0 Å². The molecule has 0 radical (unpaired) electrons. The van der Waals surface area contributed by atoms with Crippen molar-refractivity contribution in [2.75, 3.05) is 24.6 Å². The molecule has 1 N–H and O–H groups in total. The lowest BCUT2D eigenvalue weighted by atomic mass is 9.87. The Hall–Kier alpha value is -2.64. The first-order chi connectivity index (χ1) is 17.3. The summed E-state index contributed by atoms with van der Waals surface area (Å²) in [6, 6.07) is 9.69. The Labute approximate surface area is 213 Å². The van der Waals surface area contributed by atoms with E-state index in [0.29, 0.717) is 29.4 Å². The molecule has 7 heteroatoms. The highest BCUT2D eigenvalue weighted by atomic mass is 32.2. The molecule has 0 amide bonds. The number of benzene rings is 1. The van der Waals surface area contributed by atoms with Crippen LogP contribution in [-0.4, -0.2) is 58.3 Å². The molecule has 2 aliphatic heterocycles. The first kappa shape index (κ1) is 23.7. The Balaban J connectivity index is 1.27. The van der Waals surface area contributed by atoms with E-state index in [4.69, 9.17) is 0 Å². The average molecular weight is 505 g/mol. The lowest BCUT2D eigenvalue weighted by Gasteiger charge is -2.39. The minimum Gasteiger partial charge on any atom is -0.354 e. The average Bonchev–Trinajstić information content (AvgIpc) is 3.49. The predicted molar refractivity (Wildman–Crippen MR) is 147 cm³/mol. The maximum Gasteiger partial charge on any atom is 0.150 e. The molecule has 5 heterocycles. The lowest BCUT2D eigenvalue weighted by molar-refractivity contribution is 0.142. The minimum absolute atomic E-state index is 0.357. The number of aromatic nitrogens is 3. The lowest BCUT2D eigenvalue weighted by Crippen LogP contribution is -2.44. The highest BCUT2D eigenvalue weighted by molar-refractivity contribution is 7.91. The van der Waals surface area contributed by atoms with Crippen LogP contribution in [0.5, 0.6) is 0 Å². The van der Waals surface area contributed by atoms with E-state index in [-0.39, 0.29) is 0 Å². The zero-order valence-corrected chi connectivity index (χ0v) is 22.3. The van der Waals surface area contributed by atoms with Crippen LogP contribution in [0.25, 0.3) is 27.8 Å². The van der Waals surface area contributed by atoms with Gasteiger partial charge in [0.25, 0.3) is 0 Å². The molecule has 1 aromatic carbocycles. The first-order valence-electron chi connectivity index (χ1n) is 13.3. The standard InChI is InChI=1S/C29H36N4O2S/c1-19(2)27-25-17-22(21-6-11-32(12-7-21)24-8-14-36(34,35)15-9-24)4-5-26(25)31-28(27)23-16-20(3)29-30-10-13-33(29)18-23/h4-5,10,13,16-19,21,24,31H,6-9,11-12,14-15H2,1-3H3. The van der Waals surface area contributed by atoms with Gasteiger partial charge in [-0.25, -0.2) is 13.4 Å². The number of hydrogen-bond donors (Lipinski definition) is 1. The van der Waals surface area contributed by atoms with Crippen molar-refractivity contribution in [2.24, 2.45) is 0 Å². The van der Waals surface area contributed by atoms with Gasteiger partial charge in [-0.3, -0.25) is 0 Å². The van der Waals surface area contributed by atoms with Gasteiger partial charge >= 0.3 is 0 Å². The largest absolute Gasteiger partial charge is 0.354 e. The molecule has 36 heavy (non-hydrogen) atoms. The summed E-state index contributed by atoms with van der Waals surface area (Å²) in [5.41, 5.74) is 8.59. The highest BCUT2D eigenvalue weighted by Gasteiger charge is 2.31. The summed E-state index contributed by atoms with van der Waals surface area (Å²) in [7, 11) is -2.80. The fraction of sp³-hybridized carbons (Fsp3) is 0.483. The number of hydrogen-bond acceptors (Lipinski definition) is 4. The molecule has 6 rings (SSSR count). The van der Waals surface area contributed by atoms with E-state index < -0.39 is 9.84 Å². The smallest absolute Gasteiger partial charge is 0.150 e. The van der Waals surface area contributed by atoms with Crippen molar-refractivity contribution in [1.29, 1.82) is 0 Å². The fourth-order valence-corrected chi connectivity index (χ4v) is 7.96. The Morgan fingerprint density at radius 3 is 2.53 bits per heavy atom. The number of aromatic amines is 1. The molecular weight excluding hydrogens is 468 g/mol. The van der Waals surface area contributed by atoms with Crippen LogP contribution >= 0.6 is 0 Å². The van der Waals surface area contributed by atoms with E-state index in [1.54, 1.807) is 0 Å². The molecule has 0 bridgehead atoms. The third kappa shape index (κ3) is 4.26. The van der Waals surface area contributed by atoms with E-state index in [1.165, 1.54) is 38.9 Å². The molecule has 2 saturated heterocycles. The molecule has 0 aliphatic carbocycles. The molecule has 4 aromatic rings. The Morgan fingerprint density at radius 2 is 1.81 bits per heavy atom. The Bertz CT molecular complexity index is 1510. The molecule has 2 aliphatic rings. The van der Waals surface area contributed by atoms with Crippen molar-refractivity contribution in [3.8, 4) is 11.3 Å². The molecule has 190 valence electrons. The van der Waals surface area contributed by atoms with Gasteiger partial charge in [0.2, 0.25) is 0 Å². The fourth-order valence-electron chi connectivity index (χ4n) is 6.50. The summed E-state index contributed by atoms with van der Waals surface area (Å²) in [6.07, 6.45) is 9.92. The SMILES string of the molecule is Cc1cc(-c2[nH]c3ccc(C4CCN(C5CCS(=O)(=O)CC5)CC4)cc3c2C(C)C)cn2ccnc12.